The molecule has 0 aromatic rings. The minimum Gasteiger partial charge on any atom is -0.480 e. The second-order valence-corrected chi connectivity index (χ2v) is 4.89. The standard InChI is InChI=1S/C13H17N3O6/c1-4-5-14-11(20)12(21)16(13(14)22)6-9(17)15(8(2)3)7-10(18)19/h4,8H,1,5-7H2,2-3H3,(H,18,19). The van der Waals surface area contributed by atoms with Gasteiger partial charge in [0.05, 0.1) is 0 Å². The third-order valence-corrected chi connectivity index (χ3v) is 2.99. The zero-order valence-corrected chi connectivity index (χ0v) is 12.3. The normalized spacial score (nSPS) is 14.8. The van der Waals surface area contributed by atoms with Gasteiger partial charge in [0.25, 0.3) is 0 Å². The van der Waals surface area contributed by atoms with Gasteiger partial charge in [0.2, 0.25) is 5.91 Å². The molecule has 1 fully saturated rings. The summed E-state index contributed by atoms with van der Waals surface area (Å²) < 4.78 is 0. The smallest absolute Gasteiger partial charge is 0.335 e. The molecule has 0 aromatic heterocycles. The molecule has 0 bridgehead atoms. The summed E-state index contributed by atoms with van der Waals surface area (Å²) in [6, 6.07) is -1.35. The SMILES string of the molecule is C=CCN1C(=O)C(=O)N(CC(=O)N(CC(=O)O)C(C)C)C1=O. The summed E-state index contributed by atoms with van der Waals surface area (Å²) in [5, 5.41) is 8.79. The van der Waals surface area contributed by atoms with E-state index in [-0.39, 0.29) is 6.54 Å². The maximum absolute atomic E-state index is 12.1. The molecule has 120 valence electrons. The Morgan fingerprint density at radius 2 is 1.77 bits per heavy atom. The van der Waals surface area contributed by atoms with Crippen LogP contribution in [-0.4, -0.2) is 75.2 Å². The monoisotopic (exact) mass is 311 g/mol. The maximum Gasteiger partial charge on any atom is 0.335 e. The van der Waals surface area contributed by atoms with E-state index >= 15 is 0 Å². The van der Waals surface area contributed by atoms with Crippen molar-refractivity contribution in [3.05, 3.63) is 12.7 Å². The fourth-order valence-electron chi connectivity index (χ4n) is 1.91. The van der Waals surface area contributed by atoms with Crippen LogP contribution in [0.3, 0.4) is 0 Å². The molecule has 0 spiro atoms. The van der Waals surface area contributed by atoms with Crippen LogP contribution in [0.2, 0.25) is 0 Å². The topological polar surface area (TPSA) is 115 Å². The molecule has 1 N–H and O–H groups in total. The number of imide groups is 2. The molecule has 1 heterocycles. The third kappa shape index (κ3) is 3.48. The maximum atomic E-state index is 12.1. The number of aliphatic carboxylic acids is 1. The predicted octanol–water partition coefficient (Wildman–Crippen LogP) is -0.715. The van der Waals surface area contributed by atoms with E-state index in [9.17, 15) is 24.0 Å². The van der Waals surface area contributed by atoms with Gasteiger partial charge in [0.1, 0.15) is 13.1 Å². The van der Waals surface area contributed by atoms with Crippen molar-refractivity contribution < 1.29 is 29.1 Å². The first-order chi connectivity index (χ1) is 10.2. The summed E-state index contributed by atoms with van der Waals surface area (Å²) in [4.78, 5) is 60.4. The lowest BCUT2D eigenvalue weighted by molar-refractivity contribution is -0.148. The van der Waals surface area contributed by atoms with Gasteiger partial charge in [0.15, 0.2) is 0 Å². The molecular formula is C13H17N3O6. The van der Waals surface area contributed by atoms with Crippen LogP contribution in [0.4, 0.5) is 4.79 Å². The molecule has 9 heteroatoms. The second kappa shape index (κ2) is 6.83. The number of carbonyl (C=O) groups excluding carboxylic acids is 4. The van der Waals surface area contributed by atoms with Crippen LogP contribution >= 0.6 is 0 Å². The number of carboxylic acids is 1. The Balaban J connectivity index is 2.88. The Kier molecular flexibility index (Phi) is 5.39. The minimum absolute atomic E-state index is 0.142. The van der Waals surface area contributed by atoms with Crippen LogP contribution in [0.1, 0.15) is 13.8 Å². The first-order valence-electron chi connectivity index (χ1n) is 6.50. The van der Waals surface area contributed by atoms with Crippen molar-refractivity contribution in [3.63, 3.8) is 0 Å². The summed E-state index contributed by atoms with van der Waals surface area (Å²) in [6.45, 7) is 5.20. The van der Waals surface area contributed by atoms with Crippen molar-refractivity contribution >= 4 is 29.7 Å². The zero-order chi connectivity index (χ0) is 17.0. The van der Waals surface area contributed by atoms with E-state index in [4.69, 9.17) is 5.11 Å². The molecule has 1 aliphatic rings. The second-order valence-electron chi connectivity index (χ2n) is 4.89. The van der Waals surface area contributed by atoms with Gasteiger partial charge in [0, 0.05) is 12.6 Å². The van der Waals surface area contributed by atoms with E-state index in [1.807, 2.05) is 0 Å². The molecule has 0 aromatic carbocycles. The molecule has 1 aliphatic heterocycles. The molecule has 0 aliphatic carbocycles. The lowest BCUT2D eigenvalue weighted by atomic mass is 10.3. The Bertz CT molecular complexity index is 542. The molecule has 1 rings (SSSR count). The summed E-state index contributed by atoms with van der Waals surface area (Å²) in [5.41, 5.74) is 0. The fourth-order valence-corrected chi connectivity index (χ4v) is 1.91. The van der Waals surface area contributed by atoms with Crippen molar-refractivity contribution in [1.29, 1.82) is 0 Å². The number of carbonyl (C=O) groups is 5. The number of hydrogen-bond donors (Lipinski definition) is 1. The number of carboxylic acid groups (broad SMARTS) is 1. The zero-order valence-electron chi connectivity index (χ0n) is 12.3. The Morgan fingerprint density at radius 1 is 1.23 bits per heavy atom. The van der Waals surface area contributed by atoms with Crippen molar-refractivity contribution in [2.45, 2.75) is 19.9 Å². The van der Waals surface area contributed by atoms with Crippen molar-refractivity contribution in [3.8, 4) is 0 Å². The summed E-state index contributed by atoms with van der Waals surface area (Å²) in [5.74, 6) is -4.09. The van der Waals surface area contributed by atoms with Crippen LogP contribution in [0.25, 0.3) is 0 Å². The van der Waals surface area contributed by atoms with Gasteiger partial charge < -0.3 is 10.0 Å². The molecular weight excluding hydrogens is 294 g/mol. The van der Waals surface area contributed by atoms with Gasteiger partial charge in [-0.3, -0.25) is 24.1 Å². The van der Waals surface area contributed by atoms with E-state index in [1.54, 1.807) is 13.8 Å². The van der Waals surface area contributed by atoms with Gasteiger partial charge in [-0.15, -0.1) is 6.58 Å². The lowest BCUT2D eigenvalue weighted by Crippen LogP contribution is -2.47. The van der Waals surface area contributed by atoms with Gasteiger partial charge in [-0.25, -0.2) is 9.69 Å². The summed E-state index contributed by atoms with van der Waals surface area (Å²) >= 11 is 0. The van der Waals surface area contributed by atoms with E-state index in [0.717, 1.165) is 4.90 Å². The average Bonchev–Trinajstić information content (AvgIpc) is 2.62. The molecule has 22 heavy (non-hydrogen) atoms. The highest BCUT2D eigenvalue weighted by Crippen LogP contribution is 2.13. The van der Waals surface area contributed by atoms with Crippen molar-refractivity contribution in [2.75, 3.05) is 19.6 Å². The highest BCUT2D eigenvalue weighted by Gasteiger charge is 2.45. The minimum atomic E-state index is -1.22. The summed E-state index contributed by atoms with van der Waals surface area (Å²) in [7, 11) is 0. The summed E-state index contributed by atoms with van der Waals surface area (Å²) in [6.07, 6.45) is 1.28. The first-order valence-corrected chi connectivity index (χ1v) is 6.50. The predicted molar refractivity (Wildman–Crippen MR) is 73.5 cm³/mol. The van der Waals surface area contributed by atoms with Crippen molar-refractivity contribution in [1.82, 2.24) is 14.7 Å². The molecule has 5 amide bonds. The van der Waals surface area contributed by atoms with E-state index < -0.39 is 48.9 Å². The van der Waals surface area contributed by atoms with E-state index in [1.165, 1.54) is 6.08 Å². The number of hydrogen-bond acceptors (Lipinski definition) is 5. The van der Waals surface area contributed by atoms with Crippen LogP contribution in [-0.2, 0) is 19.2 Å². The Hall–Kier alpha value is -2.71. The lowest BCUT2D eigenvalue weighted by Gasteiger charge is -2.26. The molecule has 0 atom stereocenters. The van der Waals surface area contributed by atoms with Crippen LogP contribution in [0.5, 0.6) is 0 Å². The van der Waals surface area contributed by atoms with Gasteiger partial charge in [-0.2, -0.15) is 0 Å². The molecule has 9 nitrogen and oxygen atoms in total. The van der Waals surface area contributed by atoms with E-state index in [2.05, 4.69) is 6.58 Å². The van der Waals surface area contributed by atoms with E-state index in [0.29, 0.717) is 9.80 Å². The van der Waals surface area contributed by atoms with Gasteiger partial charge in [-0.1, -0.05) is 6.08 Å². The van der Waals surface area contributed by atoms with Crippen LogP contribution < -0.4 is 0 Å². The average molecular weight is 311 g/mol. The van der Waals surface area contributed by atoms with Crippen molar-refractivity contribution in [2.24, 2.45) is 0 Å². The molecule has 0 radical (unpaired) electrons. The molecule has 0 saturated carbocycles. The molecule has 1 saturated heterocycles. The number of amides is 5. The fraction of sp³-hybridized carbons (Fsp3) is 0.462. The Morgan fingerprint density at radius 3 is 2.23 bits per heavy atom. The number of rotatable bonds is 7. The first kappa shape index (κ1) is 17.3. The molecule has 0 unspecified atom stereocenters. The van der Waals surface area contributed by atoms with Gasteiger partial charge in [-0.05, 0) is 13.8 Å². The highest BCUT2D eigenvalue weighted by atomic mass is 16.4. The number of nitrogens with zero attached hydrogens (tertiary/aromatic N) is 3. The quantitative estimate of drug-likeness (QED) is 0.377. The van der Waals surface area contributed by atoms with Crippen LogP contribution in [0, 0.1) is 0 Å². The van der Waals surface area contributed by atoms with Crippen LogP contribution in [0.15, 0.2) is 12.7 Å². The highest BCUT2D eigenvalue weighted by molar-refractivity contribution is 6.45. The largest absolute Gasteiger partial charge is 0.480 e. The number of urea groups is 1. The third-order valence-electron chi connectivity index (χ3n) is 2.99. The Labute approximate surface area is 126 Å². The van der Waals surface area contributed by atoms with Gasteiger partial charge >= 0.3 is 23.8 Å².